The molecule has 0 aromatic heterocycles. The summed E-state index contributed by atoms with van der Waals surface area (Å²) in [4.78, 5) is 31.0. The van der Waals surface area contributed by atoms with E-state index in [4.69, 9.17) is 10.2 Å². The molecule has 0 bridgehead atoms. The van der Waals surface area contributed by atoms with E-state index in [2.05, 4.69) is 0 Å². The molecule has 0 saturated carbocycles. The molecular formula is C11H11NO7. The first-order chi connectivity index (χ1) is 8.82. The number of nitro groups is 1. The van der Waals surface area contributed by atoms with Crippen LogP contribution in [-0.2, 0) is 16.0 Å². The quantitative estimate of drug-likeness (QED) is 0.511. The van der Waals surface area contributed by atoms with Gasteiger partial charge < -0.3 is 15.3 Å². The molecule has 1 aromatic rings. The number of carboxylic acids is 2. The fraction of sp³-hybridized carbons (Fsp3) is 0.273. The molecule has 0 amide bonds. The summed E-state index contributed by atoms with van der Waals surface area (Å²) >= 11 is 0. The summed E-state index contributed by atoms with van der Waals surface area (Å²) in [6.07, 6.45) is -2.11. The van der Waals surface area contributed by atoms with Crippen molar-refractivity contribution in [3.8, 4) is 0 Å². The fourth-order valence-electron chi connectivity index (χ4n) is 1.52. The number of aliphatic carboxylic acids is 2. The molecule has 0 aliphatic carbocycles. The van der Waals surface area contributed by atoms with Crippen molar-refractivity contribution >= 4 is 17.6 Å². The summed E-state index contributed by atoms with van der Waals surface area (Å²) < 4.78 is 0. The zero-order valence-corrected chi connectivity index (χ0v) is 9.65. The van der Waals surface area contributed by atoms with Gasteiger partial charge in [-0.3, -0.25) is 14.9 Å². The van der Waals surface area contributed by atoms with Crippen molar-refractivity contribution in [1.82, 2.24) is 0 Å². The Kier molecular flexibility index (Phi) is 4.54. The average Bonchev–Trinajstić information content (AvgIpc) is 2.34. The number of aliphatic hydroxyl groups excluding tert-OH is 1. The van der Waals surface area contributed by atoms with Crippen LogP contribution in [0.4, 0.5) is 5.69 Å². The van der Waals surface area contributed by atoms with Crippen molar-refractivity contribution < 1.29 is 29.8 Å². The first-order valence-electron chi connectivity index (χ1n) is 5.22. The van der Waals surface area contributed by atoms with Crippen LogP contribution in [0.1, 0.15) is 23.7 Å². The summed E-state index contributed by atoms with van der Waals surface area (Å²) in [6.45, 7) is 0. The molecule has 8 heteroatoms. The standard InChI is InChI=1S/C11H11NO7/c13-9(14)4-2-6-1-3-7(10(15)11(16)17)8(5-6)12(18)19/h1,3,5,10,15H,2,4H2,(H,13,14)(H,16,17). The van der Waals surface area contributed by atoms with Crippen molar-refractivity contribution in [1.29, 1.82) is 0 Å². The normalized spacial score (nSPS) is 11.8. The highest BCUT2D eigenvalue weighted by Gasteiger charge is 2.25. The van der Waals surface area contributed by atoms with Gasteiger partial charge in [-0.15, -0.1) is 0 Å². The number of nitrogens with zero attached hydrogens (tertiary/aromatic N) is 1. The summed E-state index contributed by atoms with van der Waals surface area (Å²) in [5.74, 6) is -2.64. The van der Waals surface area contributed by atoms with Crippen molar-refractivity contribution in [2.45, 2.75) is 18.9 Å². The zero-order valence-electron chi connectivity index (χ0n) is 9.65. The molecular weight excluding hydrogens is 258 g/mol. The Morgan fingerprint density at radius 1 is 1.32 bits per heavy atom. The van der Waals surface area contributed by atoms with Gasteiger partial charge in [-0.05, 0) is 18.1 Å². The van der Waals surface area contributed by atoms with Gasteiger partial charge in [0.05, 0.1) is 10.5 Å². The maximum absolute atomic E-state index is 10.8. The highest BCUT2D eigenvalue weighted by Crippen LogP contribution is 2.27. The van der Waals surface area contributed by atoms with Gasteiger partial charge in [-0.25, -0.2) is 4.79 Å². The molecule has 19 heavy (non-hydrogen) atoms. The number of hydrogen-bond acceptors (Lipinski definition) is 5. The Hall–Kier alpha value is -2.48. The molecule has 1 rings (SSSR count). The molecule has 3 N–H and O–H groups in total. The van der Waals surface area contributed by atoms with Gasteiger partial charge in [0.1, 0.15) is 0 Å². The summed E-state index contributed by atoms with van der Waals surface area (Å²) in [6, 6.07) is 3.55. The maximum atomic E-state index is 10.8. The Morgan fingerprint density at radius 3 is 2.42 bits per heavy atom. The smallest absolute Gasteiger partial charge is 0.337 e. The lowest BCUT2D eigenvalue weighted by molar-refractivity contribution is -0.386. The van der Waals surface area contributed by atoms with E-state index in [1.165, 1.54) is 6.07 Å². The molecule has 0 saturated heterocycles. The Bertz CT molecular complexity index is 526. The molecule has 0 spiro atoms. The highest BCUT2D eigenvalue weighted by molar-refractivity contribution is 5.76. The van der Waals surface area contributed by atoms with Crippen molar-refractivity contribution in [2.75, 3.05) is 0 Å². The molecule has 1 unspecified atom stereocenters. The predicted molar refractivity (Wildman–Crippen MR) is 61.6 cm³/mol. The highest BCUT2D eigenvalue weighted by atomic mass is 16.6. The SMILES string of the molecule is O=C(O)CCc1ccc(C(O)C(=O)O)c([N+](=O)[O-])c1. The van der Waals surface area contributed by atoms with Crippen LogP contribution in [0.5, 0.6) is 0 Å². The number of aliphatic hydroxyl groups is 1. The molecule has 1 atom stereocenters. The van der Waals surface area contributed by atoms with E-state index in [-0.39, 0.29) is 18.4 Å². The molecule has 1 aromatic carbocycles. The lowest BCUT2D eigenvalue weighted by atomic mass is 10.0. The molecule has 0 heterocycles. The monoisotopic (exact) mass is 269 g/mol. The second-order valence-corrected chi connectivity index (χ2v) is 3.78. The van der Waals surface area contributed by atoms with Crippen LogP contribution in [0, 0.1) is 10.1 Å². The second kappa shape index (κ2) is 5.91. The number of carboxylic acid groups (broad SMARTS) is 2. The molecule has 0 radical (unpaired) electrons. The predicted octanol–water partition coefficient (Wildman–Crippen LogP) is 0.730. The van der Waals surface area contributed by atoms with Gasteiger partial charge in [0.15, 0.2) is 6.10 Å². The third-order valence-corrected chi connectivity index (χ3v) is 2.45. The van der Waals surface area contributed by atoms with Gasteiger partial charge in [-0.1, -0.05) is 6.07 Å². The maximum Gasteiger partial charge on any atom is 0.337 e. The van der Waals surface area contributed by atoms with Crippen LogP contribution in [0.25, 0.3) is 0 Å². The van der Waals surface area contributed by atoms with Gasteiger partial charge in [0.2, 0.25) is 0 Å². The lowest BCUT2D eigenvalue weighted by Crippen LogP contribution is -2.12. The average molecular weight is 269 g/mol. The summed E-state index contributed by atoms with van der Waals surface area (Å²) in [5.41, 5.74) is -0.496. The molecule has 0 fully saturated rings. The third kappa shape index (κ3) is 3.75. The van der Waals surface area contributed by atoms with Gasteiger partial charge >= 0.3 is 11.9 Å². The van der Waals surface area contributed by atoms with Gasteiger partial charge in [-0.2, -0.15) is 0 Å². The van der Waals surface area contributed by atoms with Crippen LogP contribution >= 0.6 is 0 Å². The lowest BCUT2D eigenvalue weighted by Gasteiger charge is -2.08. The van der Waals surface area contributed by atoms with Crippen LogP contribution < -0.4 is 0 Å². The van der Waals surface area contributed by atoms with Crippen molar-refractivity contribution in [3.63, 3.8) is 0 Å². The van der Waals surface area contributed by atoms with E-state index in [1.807, 2.05) is 0 Å². The largest absolute Gasteiger partial charge is 0.481 e. The minimum Gasteiger partial charge on any atom is -0.481 e. The zero-order chi connectivity index (χ0) is 14.6. The molecule has 102 valence electrons. The van der Waals surface area contributed by atoms with Crippen LogP contribution in [-0.4, -0.2) is 32.2 Å². The van der Waals surface area contributed by atoms with E-state index < -0.39 is 28.7 Å². The minimum atomic E-state index is -1.99. The first kappa shape index (κ1) is 14.6. The number of nitro benzene ring substituents is 1. The van der Waals surface area contributed by atoms with Crippen LogP contribution in [0.3, 0.4) is 0 Å². The molecule has 0 aliphatic rings. The third-order valence-electron chi connectivity index (χ3n) is 2.45. The van der Waals surface area contributed by atoms with Crippen molar-refractivity contribution in [2.24, 2.45) is 0 Å². The van der Waals surface area contributed by atoms with E-state index in [1.54, 1.807) is 0 Å². The second-order valence-electron chi connectivity index (χ2n) is 3.78. The topological polar surface area (TPSA) is 138 Å². The van der Waals surface area contributed by atoms with Gasteiger partial charge in [0, 0.05) is 12.5 Å². The number of rotatable bonds is 6. The number of benzene rings is 1. The minimum absolute atomic E-state index is 0.0830. The number of carbonyl (C=O) groups is 2. The molecule has 8 nitrogen and oxygen atoms in total. The van der Waals surface area contributed by atoms with Gasteiger partial charge in [0.25, 0.3) is 5.69 Å². The van der Waals surface area contributed by atoms with E-state index in [9.17, 15) is 24.8 Å². The summed E-state index contributed by atoms with van der Waals surface area (Å²) in [7, 11) is 0. The van der Waals surface area contributed by atoms with E-state index in [0.29, 0.717) is 5.56 Å². The summed E-state index contributed by atoms with van der Waals surface area (Å²) in [5, 5.41) is 37.3. The van der Waals surface area contributed by atoms with E-state index in [0.717, 1.165) is 12.1 Å². The van der Waals surface area contributed by atoms with Crippen LogP contribution in [0.15, 0.2) is 18.2 Å². The Balaban J connectivity index is 3.11. The number of hydrogen-bond donors (Lipinski definition) is 3. The fourth-order valence-corrected chi connectivity index (χ4v) is 1.52. The Morgan fingerprint density at radius 2 is 1.95 bits per heavy atom. The Labute approximate surface area is 107 Å². The first-order valence-corrected chi connectivity index (χ1v) is 5.22. The number of aryl methyl sites for hydroxylation is 1. The molecule has 0 aliphatic heterocycles. The van der Waals surface area contributed by atoms with Crippen LogP contribution in [0.2, 0.25) is 0 Å². The van der Waals surface area contributed by atoms with Crippen molar-refractivity contribution in [3.05, 3.63) is 39.4 Å². The van der Waals surface area contributed by atoms with E-state index >= 15 is 0 Å².